The molecule has 24 N–H and O–H groups in total. The number of primary amides is 2. The Labute approximate surface area is 695 Å². The van der Waals surface area contributed by atoms with E-state index in [1.54, 1.807) is 44.2 Å². The van der Waals surface area contributed by atoms with Gasteiger partial charge in [-0.05, 0) is 101 Å². The minimum absolute atomic E-state index is 0.0132. The van der Waals surface area contributed by atoms with Gasteiger partial charge in [-0.1, -0.05) is 78.3 Å². The average Bonchev–Trinajstić information content (AvgIpc) is 1.70. The Morgan fingerprint density at radius 1 is 0.405 bits per heavy atom. The van der Waals surface area contributed by atoms with E-state index in [1.807, 2.05) is 5.32 Å². The van der Waals surface area contributed by atoms with E-state index in [2.05, 4.69) is 53.2 Å². The number of hydrogen-bond acceptors (Lipinski definition) is 24. The number of nitrogens with zero attached hydrogens (tertiary/aromatic N) is 3. The number of hydrogen-bond donors (Lipinski definition) is 21. The molecule has 3 aliphatic heterocycles. The summed E-state index contributed by atoms with van der Waals surface area (Å²) in [5.41, 5.74) is 17.2. The summed E-state index contributed by atoms with van der Waals surface area (Å²) in [7, 11) is 0. The third-order valence-electron chi connectivity index (χ3n) is 20.7. The van der Waals surface area contributed by atoms with E-state index in [0.29, 0.717) is 12.0 Å². The first kappa shape index (κ1) is 101. The molecule has 0 spiro atoms. The van der Waals surface area contributed by atoms with Crippen LogP contribution in [0.25, 0.3) is 0 Å². The maximum Gasteiger partial charge on any atom is 0.328 e. The van der Waals surface area contributed by atoms with Gasteiger partial charge in [0.15, 0.2) is 6.04 Å². The molecule has 3 heterocycles. The van der Waals surface area contributed by atoms with Gasteiger partial charge in [-0.15, -0.1) is 0 Å². The van der Waals surface area contributed by atoms with Crippen molar-refractivity contribution in [2.45, 2.75) is 267 Å². The number of nitrogens with two attached hydrogens (primary N) is 3. The molecule has 16 amide bonds. The smallest absolute Gasteiger partial charge is 0.328 e. The molecule has 3 aliphatic rings. The lowest BCUT2D eigenvalue weighted by Crippen LogP contribution is -2.61. The second-order valence-electron chi connectivity index (χ2n) is 30.8. The Balaban J connectivity index is 1.59. The molecule has 4 rings (SSSR count). The van der Waals surface area contributed by atoms with Crippen molar-refractivity contribution in [1.82, 2.24) is 73.2 Å². The predicted molar refractivity (Wildman–Crippen MR) is 419 cm³/mol. The van der Waals surface area contributed by atoms with E-state index in [0.717, 1.165) is 16.7 Å². The van der Waals surface area contributed by atoms with Crippen LogP contribution in [0, 0.1) is 17.8 Å². The second-order valence-corrected chi connectivity index (χ2v) is 30.8. The van der Waals surface area contributed by atoms with Gasteiger partial charge < -0.3 is 126 Å². The molecule has 0 unspecified atom stereocenters. The topological polar surface area (TPSA) is 720 Å². The zero-order chi connectivity index (χ0) is 91.0. The maximum atomic E-state index is 14.7. The quantitative estimate of drug-likeness (QED) is 0.0288. The third kappa shape index (κ3) is 31.9. The molecule has 1 aromatic rings. The van der Waals surface area contributed by atoms with E-state index >= 15 is 0 Å². The molecule has 3 fully saturated rings. The summed E-state index contributed by atoms with van der Waals surface area (Å²) in [6, 6.07) is -16.1. The molecule has 45 nitrogen and oxygen atoms in total. The predicted octanol–water partition coefficient (Wildman–Crippen LogP) is -6.72. The molecule has 0 radical (unpaired) electrons. The van der Waals surface area contributed by atoms with E-state index in [9.17, 15) is 136 Å². The summed E-state index contributed by atoms with van der Waals surface area (Å²) in [5, 5.41) is 93.9. The zero-order valence-corrected chi connectivity index (χ0v) is 68.4. The lowest BCUT2D eigenvalue weighted by atomic mass is 9.96. The highest BCUT2D eigenvalue weighted by molar-refractivity contribution is 6.02. The van der Waals surface area contributed by atoms with E-state index in [-0.39, 0.29) is 64.6 Å². The molecule has 17 atom stereocenters. The minimum Gasteiger partial charge on any atom is -0.481 e. The fourth-order valence-electron chi connectivity index (χ4n) is 13.7. The van der Waals surface area contributed by atoms with Crippen LogP contribution in [-0.4, -0.2) is 298 Å². The zero-order valence-electron chi connectivity index (χ0n) is 68.4. The lowest BCUT2D eigenvalue weighted by Gasteiger charge is -2.34. The van der Waals surface area contributed by atoms with Gasteiger partial charge in [0.05, 0.1) is 19.1 Å². The highest BCUT2D eigenvalue weighted by Crippen LogP contribution is 2.28. The Kier molecular flexibility index (Phi) is 40.9. The average molecular weight is 1710 g/mol. The first-order valence-electron chi connectivity index (χ1n) is 39.8. The van der Waals surface area contributed by atoms with Gasteiger partial charge in [0, 0.05) is 58.2 Å². The van der Waals surface area contributed by atoms with Crippen LogP contribution in [0.2, 0.25) is 0 Å². The number of aliphatic hydroxyl groups is 2. The maximum absolute atomic E-state index is 14.7. The number of amides is 16. The van der Waals surface area contributed by atoms with Crippen LogP contribution >= 0.6 is 0 Å². The van der Waals surface area contributed by atoms with Crippen molar-refractivity contribution < 1.29 is 136 Å². The van der Waals surface area contributed by atoms with Crippen LogP contribution in [0.3, 0.4) is 0 Å². The van der Waals surface area contributed by atoms with Crippen molar-refractivity contribution in [3.63, 3.8) is 0 Å². The van der Waals surface area contributed by atoms with Crippen LogP contribution in [0.15, 0.2) is 30.3 Å². The van der Waals surface area contributed by atoms with Crippen molar-refractivity contribution in [2.24, 2.45) is 35.0 Å². The number of benzene rings is 1. The first-order valence-corrected chi connectivity index (χ1v) is 39.8. The summed E-state index contributed by atoms with van der Waals surface area (Å²) < 4.78 is 0. The number of carboxylic acids is 5. The summed E-state index contributed by atoms with van der Waals surface area (Å²) in [4.78, 5) is 287. The van der Waals surface area contributed by atoms with Gasteiger partial charge in [0.1, 0.15) is 84.6 Å². The van der Waals surface area contributed by atoms with E-state index in [4.69, 9.17) is 17.2 Å². The van der Waals surface area contributed by atoms with Crippen LogP contribution in [0.1, 0.15) is 170 Å². The molecule has 3 saturated heterocycles. The van der Waals surface area contributed by atoms with Gasteiger partial charge >= 0.3 is 29.8 Å². The fraction of sp³-hybridized carbons (Fsp3) is 0.645. The van der Waals surface area contributed by atoms with Crippen molar-refractivity contribution in [1.29, 1.82) is 0 Å². The second kappa shape index (κ2) is 48.9. The number of carbonyl (C=O) groups excluding carboxylic acids is 16. The molecule has 0 bridgehead atoms. The van der Waals surface area contributed by atoms with Crippen LogP contribution in [-0.2, 0) is 107 Å². The summed E-state index contributed by atoms with van der Waals surface area (Å²) in [6.45, 7) is 9.49. The number of nitrogens with one attached hydrogen (secondary N) is 11. The highest BCUT2D eigenvalue weighted by atomic mass is 16.4. The molecular formula is C76H115N17O28. The highest BCUT2D eigenvalue weighted by Gasteiger charge is 2.47. The number of carboxylic acid groups (broad SMARTS) is 5. The van der Waals surface area contributed by atoms with Gasteiger partial charge in [-0.25, -0.2) is 4.79 Å². The molecule has 45 heteroatoms. The SMILES string of the molecule is CC[C@H](C)[C@H](NC(=O)[C@@H](N)CO)C(=O)N[C@@H](Cc1ccccc1)C(=O)N1CCC[C@H]1C(=O)N[C@H](C(=O)N[C@@H](CCC(=O)O)C(=O)N[C@@H](CCC(=O)O)C(=O)N[C@@H](CCC(N)=O)C(=O)N[C@@H](CCC(N)=O)C(=O)N[C@@H](CCC(=O)O)C(=O)N[C@H](C(=O)N1CCC[C@H]1C(=O)N1CCC[C@H]1C(=O)N[C@@H](CC(=O)O)C(=O)N[C@H](C(=O)O)[C@@H](C)O)C(C)C)C(C)C. The molecule has 672 valence electrons. The van der Waals surface area contributed by atoms with Gasteiger partial charge in [-0.3, -0.25) is 95.9 Å². The lowest BCUT2D eigenvalue weighted by molar-refractivity contribution is -0.149. The van der Waals surface area contributed by atoms with Crippen LogP contribution in [0.5, 0.6) is 0 Å². The van der Waals surface area contributed by atoms with Gasteiger partial charge in [0.25, 0.3) is 0 Å². The Bertz CT molecular complexity index is 3920. The standard InChI is InChI=1S/C76H115N17O28/c1-8-38(6)60(89-62(106)41(77)35-94)72(116)86-48(33-40-15-10-9-11-16-40)73(117)91-30-12-18-50(91)70(114)87-58(36(2)3)71(115)84-45(23-28-55(100)101)66(110)82-44(22-27-54(98)99)65(109)81-42(20-25-52(78)96)63(107)80-43(21-26-53(79)97)64(108)83-46(24-29-56(102)103)67(111)88-59(37(4)5)75(119)93-32-14-19-51(93)74(118)92-31-13-17-49(92)69(113)85-47(34-57(104)105)68(112)90-61(39(7)95)76(120)121/h9-11,15-16,36-39,41-51,58-61,94-95H,8,12-14,17-35,77H2,1-7H3,(H2,78,96)(H2,79,97)(H,80,107)(H,81,109)(H,82,110)(H,83,108)(H,84,115)(H,85,113)(H,86,116)(H,87,114)(H,88,111)(H,89,106)(H,90,112)(H,98,99)(H,100,101)(H,102,103)(H,104,105)(H,120,121)/t38-,39+,41-,42-,43-,44-,45-,46-,47-,48-,49-,50-,51-,58-,59-,60-,61-/m0/s1. The molecule has 121 heavy (non-hydrogen) atoms. The summed E-state index contributed by atoms with van der Waals surface area (Å²) in [5.74, 6) is -27.0. The largest absolute Gasteiger partial charge is 0.481 e. The van der Waals surface area contributed by atoms with Gasteiger partial charge in [-0.2, -0.15) is 0 Å². The molecule has 0 aliphatic carbocycles. The first-order chi connectivity index (χ1) is 56.8. The molecule has 0 saturated carbocycles. The minimum atomic E-state index is -2.02. The molecule has 1 aromatic carbocycles. The Morgan fingerprint density at radius 3 is 1.17 bits per heavy atom. The monoisotopic (exact) mass is 1710 g/mol. The molecule has 0 aromatic heterocycles. The van der Waals surface area contributed by atoms with E-state index < -0.39 is 316 Å². The molecular weight excluding hydrogens is 1600 g/mol. The summed E-state index contributed by atoms with van der Waals surface area (Å²) >= 11 is 0. The van der Waals surface area contributed by atoms with Crippen molar-refractivity contribution in [2.75, 3.05) is 26.2 Å². The Hall–Kier alpha value is -12.0. The number of rotatable bonds is 51. The normalized spacial score (nSPS) is 18.5. The number of aliphatic hydroxyl groups excluding tert-OH is 2. The van der Waals surface area contributed by atoms with Crippen LogP contribution in [0.4, 0.5) is 0 Å². The van der Waals surface area contributed by atoms with Crippen molar-refractivity contribution in [3.8, 4) is 0 Å². The van der Waals surface area contributed by atoms with Crippen molar-refractivity contribution in [3.05, 3.63) is 35.9 Å². The summed E-state index contributed by atoms with van der Waals surface area (Å²) in [6.07, 6.45) is -9.41. The fourth-order valence-corrected chi connectivity index (χ4v) is 13.7. The number of aliphatic carboxylic acids is 5. The van der Waals surface area contributed by atoms with Crippen molar-refractivity contribution >= 4 is 124 Å². The Morgan fingerprint density at radius 2 is 0.769 bits per heavy atom. The van der Waals surface area contributed by atoms with E-state index in [1.165, 1.54) is 32.6 Å². The number of carbonyl (C=O) groups is 21. The number of likely N-dealkylation sites (tertiary alicyclic amines) is 3. The van der Waals surface area contributed by atoms with Gasteiger partial charge in [0.2, 0.25) is 94.5 Å². The third-order valence-corrected chi connectivity index (χ3v) is 20.7. The van der Waals surface area contributed by atoms with Crippen LogP contribution < -0.4 is 75.7 Å².